The average Bonchev–Trinajstić information content (AvgIpc) is 3.51. The van der Waals surface area contributed by atoms with Crippen molar-refractivity contribution in [1.29, 1.82) is 0 Å². The number of anilines is 1. The molecule has 4 heterocycles. The second kappa shape index (κ2) is 10.3. The van der Waals surface area contributed by atoms with Crippen molar-refractivity contribution in [3.05, 3.63) is 59.0 Å². The summed E-state index contributed by atoms with van der Waals surface area (Å²) in [5.41, 5.74) is 5.07. The van der Waals surface area contributed by atoms with Gasteiger partial charge in [-0.15, -0.1) is 11.3 Å². The summed E-state index contributed by atoms with van der Waals surface area (Å²) in [6, 6.07) is 9.57. The van der Waals surface area contributed by atoms with E-state index < -0.39 is 0 Å². The number of carbonyl (C=O) groups is 1. The topological polar surface area (TPSA) is 79.5 Å². The van der Waals surface area contributed by atoms with Crippen molar-refractivity contribution in [2.24, 2.45) is 7.05 Å². The van der Waals surface area contributed by atoms with Gasteiger partial charge in [-0.3, -0.25) is 18.8 Å². The van der Waals surface area contributed by atoms with Gasteiger partial charge in [0.05, 0.1) is 17.1 Å². The second-order valence-electron chi connectivity index (χ2n) is 7.83. The maximum absolute atomic E-state index is 12.8. The Morgan fingerprint density at radius 1 is 1.21 bits per heavy atom. The van der Waals surface area contributed by atoms with Gasteiger partial charge in [0.15, 0.2) is 4.96 Å². The maximum Gasteiger partial charge on any atom is 0.273 e. The quantitative estimate of drug-likeness (QED) is 0.469. The van der Waals surface area contributed by atoms with Crippen LogP contribution in [0, 0.1) is 6.92 Å². The Hall–Kier alpha value is -3.01. The fourth-order valence-corrected chi connectivity index (χ4v) is 4.86. The lowest BCUT2D eigenvalue weighted by Gasteiger charge is -2.26. The highest BCUT2D eigenvalue weighted by Crippen LogP contribution is 2.30. The van der Waals surface area contributed by atoms with Crippen LogP contribution in [0.25, 0.3) is 16.2 Å². The number of nitrogens with one attached hydrogen (secondary N) is 2. The summed E-state index contributed by atoms with van der Waals surface area (Å²) >= 11 is 1.65. The lowest BCUT2D eigenvalue weighted by molar-refractivity contribution is 0.101. The number of carbonyl (C=O) groups excluding carboxylic acids is 1. The van der Waals surface area contributed by atoms with Gasteiger partial charge in [0.1, 0.15) is 5.69 Å². The van der Waals surface area contributed by atoms with Crippen molar-refractivity contribution in [1.82, 2.24) is 29.4 Å². The van der Waals surface area contributed by atoms with Gasteiger partial charge in [-0.05, 0) is 19.1 Å². The molecule has 3 aromatic heterocycles. The average molecular weight is 466 g/mol. The molecule has 1 fully saturated rings. The van der Waals surface area contributed by atoms with Crippen LogP contribution in [0.15, 0.2) is 41.9 Å². The Balaban J connectivity index is 0.00000126. The van der Waals surface area contributed by atoms with E-state index in [1.165, 1.54) is 5.69 Å². The van der Waals surface area contributed by atoms with Crippen molar-refractivity contribution in [3.8, 4) is 11.3 Å². The first kappa shape index (κ1) is 23.2. The smallest absolute Gasteiger partial charge is 0.273 e. The molecule has 1 saturated heterocycles. The third-order valence-electron chi connectivity index (χ3n) is 5.56. The molecule has 0 atom stereocenters. The monoisotopic (exact) mass is 465 g/mol. The van der Waals surface area contributed by atoms with Crippen molar-refractivity contribution >= 4 is 27.9 Å². The normalized spacial score (nSPS) is 14.2. The molecule has 4 aromatic rings. The van der Waals surface area contributed by atoms with Crippen LogP contribution in [0.2, 0.25) is 0 Å². The summed E-state index contributed by atoms with van der Waals surface area (Å²) in [5.74, 6) is -0.184. The zero-order valence-corrected chi connectivity index (χ0v) is 20.4. The molecule has 2 N–H and O–H groups in total. The van der Waals surface area contributed by atoms with E-state index in [2.05, 4.69) is 36.6 Å². The number of fused-ring (bicyclic) bond motifs is 1. The third kappa shape index (κ3) is 5.00. The van der Waals surface area contributed by atoms with Crippen molar-refractivity contribution in [2.75, 3.05) is 31.5 Å². The first-order valence-corrected chi connectivity index (χ1v) is 12.3. The summed E-state index contributed by atoms with van der Waals surface area (Å²) in [6.07, 6.45) is 2.07. The largest absolute Gasteiger partial charge is 0.320 e. The predicted molar refractivity (Wildman–Crippen MR) is 134 cm³/mol. The number of hydrogen-bond donors (Lipinski definition) is 2. The number of para-hydroxylation sites is 1. The molecule has 0 unspecified atom stereocenters. The van der Waals surface area contributed by atoms with Gasteiger partial charge in [0, 0.05) is 62.6 Å². The first-order valence-electron chi connectivity index (χ1n) is 11.4. The zero-order chi connectivity index (χ0) is 23.4. The number of aryl methyl sites for hydroxylation is 2. The molecule has 8 nitrogen and oxygen atoms in total. The van der Waals surface area contributed by atoms with Crippen LogP contribution in [-0.2, 0) is 13.6 Å². The van der Waals surface area contributed by atoms with Gasteiger partial charge in [0.2, 0.25) is 0 Å². The maximum atomic E-state index is 12.8. The Morgan fingerprint density at radius 3 is 2.70 bits per heavy atom. The third-order valence-corrected chi connectivity index (χ3v) is 6.45. The van der Waals surface area contributed by atoms with E-state index in [4.69, 9.17) is 4.98 Å². The van der Waals surface area contributed by atoms with Crippen LogP contribution >= 0.6 is 11.3 Å². The SMILES string of the molecule is CC.Cc1cc(C(=O)Nc2ccccc2-c2cn3c(CN4CCNCC4)csc3n2)n(C)n1. The van der Waals surface area contributed by atoms with Crippen LogP contribution in [0.4, 0.5) is 5.69 Å². The fourth-order valence-electron chi connectivity index (χ4n) is 4.00. The number of benzene rings is 1. The number of rotatable bonds is 5. The molecule has 9 heteroatoms. The number of aromatic nitrogens is 4. The molecule has 174 valence electrons. The molecule has 5 rings (SSSR count). The van der Waals surface area contributed by atoms with Crippen LogP contribution in [-0.4, -0.2) is 56.2 Å². The number of nitrogens with zero attached hydrogens (tertiary/aromatic N) is 5. The number of thiazole rings is 1. The van der Waals surface area contributed by atoms with Gasteiger partial charge in [-0.2, -0.15) is 5.10 Å². The van der Waals surface area contributed by atoms with E-state index in [-0.39, 0.29) is 5.91 Å². The lowest BCUT2D eigenvalue weighted by Crippen LogP contribution is -2.43. The number of hydrogen-bond acceptors (Lipinski definition) is 6. The molecule has 0 saturated carbocycles. The summed E-state index contributed by atoms with van der Waals surface area (Å²) in [7, 11) is 1.78. The van der Waals surface area contributed by atoms with Crippen LogP contribution in [0.5, 0.6) is 0 Å². The molecule has 0 aliphatic carbocycles. The van der Waals surface area contributed by atoms with Gasteiger partial charge < -0.3 is 10.6 Å². The lowest BCUT2D eigenvalue weighted by atomic mass is 10.1. The highest BCUT2D eigenvalue weighted by molar-refractivity contribution is 7.15. The molecule has 0 bridgehead atoms. The van der Waals surface area contributed by atoms with E-state index in [0.29, 0.717) is 5.69 Å². The van der Waals surface area contributed by atoms with Crippen LogP contribution in [0.1, 0.15) is 35.7 Å². The Labute approximate surface area is 198 Å². The van der Waals surface area contributed by atoms with E-state index in [1.807, 2.05) is 45.0 Å². The second-order valence-corrected chi connectivity index (χ2v) is 8.66. The van der Waals surface area contributed by atoms with Crippen molar-refractivity contribution in [3.63, 3.8) is 0 Å². The number of imidazole rings is 1. The Morgan fingerprint density at radius 2 is 1.97 bits per heavy atom. The van der Waals surface area contributed by atoms with E-state index in [9.17, 15) is 4.79 Å². The number of amides is 1. The van der Waals surface area contributed by atoms with Gasteiger partial charge >= 0.3 is 0 Å². The molecule has 1 aromatic carbocycles. The summed E-state index contributed by atoms with van der Waals surface area (Å²) in [6.45, 7) is 11.0. The molecule has 1 aliphatic rings. The molecular weight excluding hydrogens is 434 g/mol. The summed E-state index contributed by atoms with van der Waals surface area (Å²) in [4.78, 5) is 21.1. The van der Waals surface area contributed by atoms with E-state index >= 15 is 0 Å². The summed E-state index contributed by atoms with van der Waals surface area (Å²) < 4.78 is 3.77. The van der Waals surface area contributed by atoms with E-state index in [0.717, 1.165) is 60.3 Å². The highest BCUT2D eigenvalue weighted by Gasteiger charge is 2.18. The highest BCUT2D eigenvalue weighted by atomic mass is 32.1. The molecule has 1 amide bonds. The van der Waals surface area contributed by atoms with Crippen LogP contribution in [0.3, 0.4) is 0 Å². The Bertz CT molecular complexity index is 1230. The predicted octanol–water partition coefficient (Wildman–Crippen LogP) is 3.79. The van der Waals surface area contributed by atoms with Crippen molar-refractivity contribution < 1.29 is 4.79 Å². The standard InChI is InChI=1S/C22H25N7OS.C2H6/c1-15-11-20(27(2)26-15)21(30)24-18-6-4-3-5-17(18)19-13-29-16(14-31-22(29)25-19)12-28-9-7-23-8-10-28;1-2/h3-6,11,13-14,23H,7-10,12H2,1-2H3,(H,24,30);1-2H3. The van der Waals surface area contributed by atoms with Crippen molar-refractivity contribution in [2.45, 2.75) is 27.3 Å². The molecule has 33 heavy (non-hydrogen) atoms. The molecular formula is C24H31N7OS. The fraction of sp³-hybridized carbons (Fsp3) is 0.375. The zero-order valence-electron chi connectivity index (χ0n) is 19.6. The molecule has 1 aliphatic heterocycles. The summed E-state index contributed by atoms with van der Waals surface area (Å²) in [5, 5.41) is 12.9. The minimum Gasteiger partial charge on any atom is -0.320 e. The van der Waals surface area contributed by atoms with Crippen LogP contribution < -0.4 is 10.6 Å². The Kier molecular flexibility index (Phi) is 7.22. The first-order chi connectivity index (χ1) is 16.1. The minimum absolute atomic E-state index is 0.184. The number of piperazine rings is 1. The van der Waals surface area contributed by atoms with Gasteiger partial charge in [-0.1, -0.05) is 32.0 Å². The van der Waals surface area contributed by atoms with E-state index in [1.54, 1.807) is 29.1 Å². The molecule has 0 radical (unpaired) electrons. The molecule has 0 spiro atoms. The minimum atomic E-state index is -0.184. The van der Waals surface area contributed by atoms with Gasteiger partial charge in [-0.25, -0.2) is 4.98 Å². The van der Waals surface area contributed by atoms with Gasteiger partial charge in [0.25, 0.3) is 5.91 Å².